The van der Waals surface area contributed by atoms with Gasteiger partial charge in [0.05, 0.1) is 0 Å². The molecule has 0 amide bonds. The van der Waals surface area contributed by atoms with Gasteiger partial charge in [-0.15, -0.1) is 0 Å². The SMILES string of the molecule is C.CC(=O)CCC1CC(=O)C1.CC(=O)CCC1CC(=O)C1(Cl)Cl. The molecule has 0 heterocycles. The molecular weight excluding hydrogens is 339 g/mol. The minimum absolute atomic E-state index is 0. The zero-order chi connectivity index (χ0) is 16.9. The van der Waals surface area contributed by atoms with Crippen molar-refractivity contribution in [3.8, 4) is 0 Å². The molecule has 6 heteroatoms. The molecule has 0 bridgehead atoms. The minimum Gasteiger partial charge on any atom is -0.300 e. The molecule has 0 radical (unpaired) electrons. The van der Waals surface area contributed by atoms with Crippen molar-refractivity contribution < 1.29 is 19.2 Å². The lowest BCUT2D eigenvalue weighted by Crippen LogP contribution is -2.47. The molecule has 2 fully saturated rings. The molecule has 23 heavy (non-hydrogen) atoms. The number of ketones is 4. The van der Waals surface area contributed by atoms with Gasteiger partial charge in [0, 0.05) is 38.0 Å². The van der Waals surface area contributed by atoms with Gasteiger partial charge in [0.15, 0.2) is 10.1 Å². The second-order valence-corrected chi connectivity index (χ2v) is 7.63. The van der Waals surface area contributed by atoms with Crippen LogP contribution in [0.1, 0.15) is 66.2 Å². The van der Waals surface area contributed by atoms with Gasteiger partial charge < -0.3 is 9.59 Å². The summed E-state index contributed by atoms with van der Waals surface area (Å²) in [7, 11) is 0. The molecule has 1 atom stereocenters. The molecular formula is C17H26Cl2O4. The number of carbonyl (C=O) groups excluding carboxylic acids is 4. The lowest BCUT2D eigenvalue weighted by Gasteiger charge is -2.37. The van der Waals surface area contributed by atoms with E-state index in [0.717, 1.165) is 6.42 Å². The van der Waals surface area contributed by atoms with E-state index in [2.05, 4.69) is 0 Å². The summed E-state index contributed by atoms with van der Waals surface area (Å²) in [5, 5.41) is 0. The number of alkyl halides is 2. The highest BCUT2D eigenvalue weighted by atomic mass is 35.5. The van der Waals surface area contributed by atoms with Gasteiger partial charge in [-0.05, 0) is 32.6 Å². The van der Waals surface area contributed by atoms with Gasteiger partial charge >= 0.3 is 0 Å². The van der Waals surface area contributed by atoms with E-state index in [9.17, 15) is 19.2 Å². The van der Waals surface area contributed by atoms with Gasteiger partial charge in [-0.25, -0.2) is 0 Å². The summed E-state index contributed by atoms with van der Waals surface area (Å²) in [4.78, 5) is 42.4. The number of hydrogen-bond donors (Lipinski definition) is 0. The van der Waals surface area contributed by atoms with Crippen molar-refractivity contribution in [1.82, 2.24) is 0 Å². The normalized spacial score (nSPS) is 22.0. The number of hydrogen-bond acceptors (Lipinski definition) is 4. The Hall–Kier alpha value is -0.740. The second kappa shape index (κ2) is 9.53. The third-order valence-corrected chi connectivity index (χ3v) is 5.14. The smallest absolute Gasteiger partial charge is 0.179 e. The summed E-state index contributed by atoms with van der Waals surface area (Å²) in [6.45, 7) is 3.12. The fraction of sp³-hybridized carbons (Fsp3) is 0.765. The van der Waals surface area contributed by atoms with Gasteiger partial charge in [-0.1, -0.05) is 30.6 Å². The predicted octanol–water partition coefficient (Wildman–Crippen LogP) is 4.09. The van der Waals surface area contributed by atoms with Crippen LogP contribution in [0.4, 0.5) is 0 Å². The maximum absolute atomic E-state index is 10.9. The fourth-order valence-electron chi connectivity index (χ4n) is 2.44. The van der Waals surface area contributed by atoms with Crippen LogP contribution in [0.3, 0.4) is 0 Å². The summed E-state index contributed by atoms with van der Waals surface area (Å²) in [6.07, 6.45) is 4.49. The number of rotatable bonds is 6. The maximum atomic E-state index is 10.9. The van der Waals surface area contributed by atoms with Crippen LogP contribution >= 0.6 is 23.2 Å². The maximum Gasteiger partial charge on any atom is 0.179 e. The van der Waals surface area contributed by atoms with E-state index in [-0.39, 0.29) is 30.7 Å². The van der Waals surface area contributed by atoms with Crippen LogP contribution in [-0.2, 0) is 19.2 Å². The largest absolute Gasteiger partial charge is 0.300 e. The first-order valence-electron chi connectivity index (χ1n) is 7.54. The van der Waals surface area contributed by atoms with Gasteiger partial charge in [-0.3, -0.25) is 9.59 Å². The molecule has 2 saturated carbocycles. The molecule has 0 N–H and O–H groups in total. The van der Waals surface area contributed by atoms with E-state index in [1.165, 1.54) is 6.92 Å². The Balaban J connectivity index is 0.000000409. The van der Waals surface area contributed by atoms with E-state index in [0.29, 0.717) is 50.2 Å². The molecule has 2 rings (SSSR count). The molecule has 0 aromatic rings. The Kier molecular flexibility index (Phi) is 9.22. The molecule has 0 aromatic heterocycles. The van der Waals surface area contributed by atoms with Crippen LogP contribution in [0.25, 0.3) is 0 Å². The summed E-state index contributed by atoms with van der Waals surface area (Å²) < 4.78 is -1.21. The zero-order valence-corrected chi connectivity index (χ0v) is 14.5. The predicted molar refractivity (Wildman–Crippen MR) is 91.8 cm³/mol. The van der Waals surface area contributed by atoms with Crippen molar-refractivity contribution in [2.75, 3.05) is 0 Å². The summed E-state index contributed by atoms with van der Waals surface area (Å²) >= 11 is 11.4. The van der Waals surface area contributed by atoms with Crippen LogP contribution in [0.2, 0.25) is 0 Å². The van der Waals surface area contributed by atoms with Crippen molar-refractivity contribution in [2.24, 2.45) is 11.8 Å². The average molecular weight is 365 g/mol. The minimum atomic E-state index is -1.21. The molecule has 0 saturated heterocycles. The van der Waals surface area contributed by atoms with Gasteiger partial charge in [-0.2, -0.15) is 0 Å². The van der Waals surface area contributed by atoms with Crippen LogP contribution in [0.5, 0.6) is 0 Å². The molecule has 132 valence electrons. The van der Waals surface area contributed by atoms with Crippen molar-refractivity contribution >= 4 is 46.3 Å². The molecule has 0 aromatic carbocycles. The Bertz CT molecular complexity index is 463. The van der Waals surface area contributed by atoms with Crippen molar-refractivity contribution in [3.05, 3.63) is 0 Å². The highest BCUT2D eigenvalue weighted by molar-refractivity contribution is 6.60. The van der Waals surface area contributed by atoms with Crippen molar-refractivity contribution in [3.63, 3.8) is 0 Å². The highest BCUT2D eigenvalue weighted by Gasteiger charge is 2.51. The summed E-state index contributed by atoms with van der Waals surface area (Å²) in [5.74, 6) is 1.07. The van der Waals surface area contributed by atoms with Crippen LogP contribution < -0.4 is 0 Å². The topological polar surface area (TPSA) is 68.3 Å². The first-order valence-corrected chi connectivity index (χ1v) is 8.30. The van der Waals surface area contributed by atoms with E-state index in [1.807, 2.05) is 0 Å². The summed E-state index contributed by atoms with van der Waals surface area (Å²) in [6, 6.07) is 0. The molecule has 0 aliphatic heterocycles. The lowest BCUT2D eigenvalue weighted by atomic mass is 9.79. The van der Waals surface area contributed by atoms with Gasteiger partial charge in [0.1, 0.15) is 17.3 Å². The molecule has 2 aliphatic rings. The number of halogens is 2. The van der Waals surface area contributed by atoms with Gasteiger partial charge in [0.2, 0.25) is 0 Å². The van der Waals surface area contributed by atoms with Crippen LogP contribution in [-0.4, -0.2) is 27.5 Å². The summed E-state index contributed by atoms with van der Waals surface area (Å²) in [5.41, 5.74) is 0. The molecule has 0 spiro atoms. The highest BCUT2D eigenvalue weighted by Crippen LogP contribution is 2.46. The monoisotopic (exact) mass is 364 g/mol. The molecule has 2 aliphatic carbocycles. The zero-order valence-electron chi connectivity index (χ0n) is 13.0. The Morgan fingerprint density at radius 1 is 1.00 bits per heavy atom. The first-order chi connectivity index (χ1) is 10.1. The van der Waals surface area contributed by atoms with E-state index in [1.54, 1.807) is 6.92 Å². The second-order valence-electron chi connectivity index (χ2n) is 6.24. The van der Waals surface area contributed by atoms with Crippen LogP contribution in [0, 0.1) is 11.8 Å². The quantitative estimate of drug-likeness (QED) is 0.665. The Morgan fingerprint density at radius 2 is 1.48 bits per heavy atom. The lowest BCUT2D eigenvalue weighted by molar-refractivity contribution is -0.129. The standard InChI is InChI=1S/C8H10Cl2O2.C8H12O2.CH4/c1-5(11)2-3-6-4-7(12)8(6,9)10;1-6(9)2-3-7-4-8(10)5-7;/h6H,2-4H2,1H3;7H,2-5H2,1H3;1H4. The Labute approximate surface area is 148 Å². The number of carbonyl (C=O) groups is 4. The van der Waals surface area contributed by atoms with Crippen molar-refractivity contribution in [1.29, 1.82) is 0 Å². The molecule has 1 unspecified atom stereocenters. The van der Waals surface area contributed by atoms with E-state index in [4.69, 9.17) is 23.2 Å². The van der Waals surface area contributed by atoms with Crippen molar-refractivity contribution in [2.45, 2.75) is 70.6 Å². The molecule has 4 nitrogen and oxygen atoms in total. The van der Waals surface area contributed by atoms with E-state index >= 15 is 0 Å². The number of Topliss-reactive ketones (excluding diaryl/α,β-unsaturated/α-hetero) is 4. The van der Waals surface area contributed by atoms with E-state index < -0.39 is 4.33 Å². The average Bonchev–Trinajstić information content (AvgIpc) is 2.38. The van der Waals surface area contributed by atoms with Crippen LogP contribution in [0.15, 0.2) is 0 Å². The third kappa shape index (κ3) is 7.13. The van der Waals surface area contributed by atoms with Gasteiger partial charge in [0.25, 0.3) is 0 Å². The Morgan fingerprint density at radius 3 is 1.83 bits per heavy atom. The fourth-order valence-corrected chi connectivity index (χ4v) is 2.97. The third-order valence-electron chi connectivity index (χ3n) is 4.10. The first kappa shape index (κ1) is 22.3.